The summed E-state index contributed by atoms with van der Waals surface area (Å²) in [6.07, 6.45) is -78.7. The fourth-order valence-electron chi connectivity index (χ4n) is 14.7. The van der Waals surface area contributed by atoms with Crippen molar-refractivity contribution in [2.75, 3.05) is 72.7 Å². The summed E-state index contributed by atoms with van der Waals surface area (Å²) in [5.74, 6) is -31.2. The molecule has 7 aliphatic heterocycles. The number of carbonyl (C=O) groups excluding carboxylic acids is 5. The molecule has 57 nitrogen and oxygen atoms in total. The number of carbonyl (C=O) groups is 9. The van der Waals surface area contributed by atoms with Gasteiger partial charge in [0.05, 0.1) is 94.8 Å². The zero-order valence-electron chi connectivity index (χ0n) is 63.2. The summed E-state index contributed by atoms with van der Waals surface area (Å²) in [5.41, 5.74) is 0. The van der Waals surface area contributed by atoms with E-state index >= 15 is 0 Å². The number of ether oxygens (including phenoxy) is 13. The molecule has 39 atom stereocenters. The zero-order chi connectivity index (χ0) is 90.7. The molecule has 1 unspecified atom stereocenters. The van der Waals surface area contributed by atoms with Gasteiger partial charge in [-0.15, -0.1) is 0 Å². The quantitative estimate of drug-likeness (QED) is 0.0271. The third kappa shape index (κ3) is 22.6. The van der Waals surface area contributed by atoms with Crippen LogP contribution in [0.4, 0.5) is 0 Å². The Hall–Kier alpha value is -6.33. The minimum atomic E-state index is -3.83. The van der Waals surface area contributed by atoms with Crippen molar-refractivity contribution < 1.29 is 258 Å². The Labute approximate surface area is 678 Å². The van der Waals surface area contributed by atoms with Gasteiger partial charge in [-0.1, -0.05) is 0 Å². The molecule has 0 bridgehead atoms. The topological polar surface area (TPSA) is 941 Å². The smallest absolute Gasteiger partial charge is 0.364 e. The van der Waals surface area contributed by atoms with Gasteiger partial charge in [-0.25, -0.2) is 19.2 Å². The monoisotopic (exact) mass is 1770 g/mol. The zero-order valence-corrected chi connectivity index (χ0v) is 63.2. The summed E-state index contributed by atoms with van der Waals surface area (Å²) >= 11 is 0. The third-order valence-corrected chi connectivity index (χ3v) is 20.9. The van der Waals surface area contributed by atoms with Crippen molar-refractivity contribution >= 4 is 53.4 Å². The van der Waals surface area contributed by atoms with Gasteiger partial charge in [-0.05, 0) is 0 Å². The van der Waals surface area contributed by atoms with Crippen LogP contribution in [0, 0.1) is 0 Å². The van der Waals surface area contributed by atoms with Gasteiger partial charge in [0.1, 0.15) is 173 Å². The van der Waals surface area contributed by atoms with Crippen LogP contribution in [0.2, 0.25) is 0 Å². The lowest BCUT2D eigenvalue weighted by Crippen LogP contribution is -2.72. The molecule has 121 heavy (non-hydrogen) atoms. The van der Waals surface area contributed by atoms with Crippen molar-refractivity contribution in [1.29, 1.82) is 0 Å². The lowest BCUT2D eigenvalue weighted by atomic mass is 9.86. The van der Waals surface area contributed by atoms with Crippen LogP contribution in [0.25, 0.3) is 0 Å². The second-order valence-electron chi connectivity index (χ2n) is 29.1. The van der Waals surface area contributed by atoms with Gasteiger partial charge in [0.15, 0.2) is 18.9 Å². The number of hydrogen-bond acceptors (Lipinski definition) is 48. The van der Waals surface area contributed by atoms with E-state index in [0.29, 0.717) is 0 Å². The number of hydrogen-bond donors (Lipinski definition) is 35. The minimum absolute atomic E-state index is 0.878. The number of aliphatic hydroxyl groups is 26. The number of aliphatic carboxylic acids is 4. The van der Waals surface area contributed by atoms with E-state index in [-0.39, 0.29) is 0 Å². The maximum absolute atomic E-state index is 13.8. The van der Waals surface area contributed by atoms with E-state index in [9.17, 15) is 196 Å². The highest BCUT2D eigenvalue weighted by Crippen LogP contribution is 2.44. The number of carboxylic acids is 4. The van der Waals surface area contributed by atoms with E-state index < -0.39 is 389 Å². The summed E-state index contributed by atoms with van der Waals surface area (Å²) in [4.78, 5) is 118. The van der Waals surface area contributed by atoms with Crippen molar-refractivity contribution in [3.63, 3.8) is 0 Å². The molecule has 0 aromatic rings. The summed E-state index contributed by atoms with van der Waals surface area (Å²) in [5, 5.41) is 337. The highest BCUT2D eigenvalue weighted by Gasteiger charge is 2.66. The molecule has 7 heterocycles. The van der Waals surface area contributed by atoms with E-state index in [0.717, 1.165) is 6.92 Å². The van der Waals surface area contributed by atoms with Crippen LogP contribution in [0.3, 0.4) is 0 Å². The first kappa shape index (κ1) is 102. The Morgan fingerprint density at radius 2 is 0.686 bits per heavy atom. The highest BCUT2D eigenvalue weighted by atomic mass is 16.8. The van der Waals surface area contributed by atoms with Gasteiger partial charge < -0.3 is 241 Å². The molecule has 0 aromatic carbocycles. The molecule has 696 valence electrons. The lowest BCUT2D eigenvalue weighted by Gasteiger charge is -2.51. The van der Waals surface area contributed by atoms with E-state index in [2.05, 4.69) is 5.32 Å². The van der Waals surface area contributed by atoms with Gasteiger partial charge in [-0.3, -0.25) is 24.0 Å². The summed E-state index contributed by atoms with van der Waals surface area (Å²) in [6, 6.07) is -11.0. The molecular weight excluding hydrogens is 1670 g/mol. The average Bonchev–Trinajstić information content (AvgIpc) is 0.743. The molecule has 57 heteroatoms. The van der Waals surface area contributed by atoms with Crippen molar-refractivity contribution in [2.24, 2.45) is 0 Å². The second-order valence-corrected chi connectivity index (χ2v) is 29.1. The number of nitrogens with one attached hydrogen (secondary N) is 5. The first-order valence-corrected chi connectivity index (χ1v) is 36.8. The fraction of sp³-hybridized carbons (Fsp3) is 0.859. The minimum Gasteiger partial charge on any atom is -0.477 e. The second kappa shape index (κ2) is 43.2. The van der Waals surface area contributed by atoms with Crippen LogP contribution < -0.4 is 26.6 Å². The summed E-state index contributed by atoms with van der Waals surface area (Å²) < 4.78 is 73.0. The molecule has 35 N–H and O–H groups in total. The predicted octanol–water partition coefficient (Wildman–Crippen LogP) is -22.8. The molecule has 0 radical (unpaired) electrons. The Morgan fingerprint density at radius 1 is 0.364 bits per heavy atom. The van der Waals surface area contributed by atoms with Crippen LogP contribution >= 0.6 is 0 Å². The van der Waals surface area contributed by atoms with Crippen molar-refractivity contribution in [3.05, 3.63) is 0 Å². The standard InChI is InChI=1S/C64H103N5O52/c1-17(80)65-37-49(114-56-47(99)45(97)48(27(11-75)112-56)113-55-46(98)44(96)39(91)23(7-71)111-55)43(95)28(110-54(37)100)16-109-61(57(101)102)2-18(81)34(67-30(87)13-77)51(118-61)40(92)24(8-72)116-63(59(105)106)4-20(83)36(69-32(89)15-79)53(120-63)42(94)26(10-74)117-64(60(107)108)5-21(84)35(68-31(88)14-78)52(121-64)41(93)25(9-73)115-62(58(103)104)3-19(82)33(66-29(86)12-76)50(119-62)38(90)22(85)6-70/h18-28,33-56,70-79,81-85,90-100H,2-16H2,1H3,(H,65,80)(H,66,86)(H,67,87)(H,68,88)(H,69,89)(H,101,102)(H,103,104)(H,105,106)(H,107,108)/t18-,19-,20-,21-,22+,23+,24+,25+,26+,27+,28+,33+,34+,35+,36+,37+,38+,39-,40+,41+,42+,43-,44-,45+,46+,47+,48-,49+,50+,51+,52+,53+,54?,55-,56-,61+,62+,63+,64+/m0/s1. The SMILES string of the molecule is CC(=O)N[C@H]1C(O)O[C@H](CO[C@]2(C(=O)O)C[C@H](O)[C@@H](NC(=O)CO)[C@H]([C@H](O)[C@@H](CO)O[C@]3(C(=O)O)C[C@H](O)[C@@H](NC(=O)CO)[C@H]([C@H](O)[C@@H](CO)O[C@]4(C(=O)O)C[C@H](O)[C@@H](NC(=O)CO)[C@H]([C@H](O)[C@@H](CO)O[C@]5(C(=O)O)C[C@H](O)[C@@H](NC(=O)CO)[C@H]([C@H](O)[C@H](O)CO)O5)O4)O3)O2)[C@H](O)[C@@H]1O[C@@H]1O[C@H](CO)[C@H](O[C@@H]2O[C@H](CO)[C@H](O)[C@H](O)[C@H]2O)[C@H](O)[C@H]1O. The van der Waals surface area contributed by atoms with Crippen LogP contribution in [0.5, 0.6) is 0 Å². The van der Waals surface area contributed by atoms with Crippen molar-refractivity contribution in [2.45, 2.75) is 270 Å². The highest BCUT2D eigenvalue weighted by molar-refractivity contribution is 5.81. The molecule has 7 saturated heterocycles. The maximum Gasteiger partial charge on any atom is 0.364 e. The Bertz CT molecular complexity index is 3460. The van der Waals surface area contributed by atoms with Crippen LogP contribution in [-0.2, 0) is 105 Å². The molecular formula is C64H103N5O52. The normalized spacial score (nSPS) is 40.4. The number of carboxylic acid groups (broad SMARTS) is 4. The van der Waals surface area contributed by atoms with Gasteiger partial charge >= 0.3 is 23.9 Å². The fourth-order valence-corrected chi connectivity index (χ4v) is 14.7. The van der Waals surface area contributed by atoms with E-state index in [1.807, 2.05) is 21.3 Å². The first-order chi connectivity index (χ1) is 56.8. The Balaban J connectivity index is 1.19. The Morgan fingerprint density at radius 3 is 1.01 bits per heavy atom. The van der Waals surface area contributed by atoms with Crippen LogP contribution in [0.1, 0.15) is 32.6 Å². The maximum atomic E-state index is 13.8. The molecule has 7 rings (SSSR count). The van der Waals surface area contributed by atoms with E-state index in [1.165, 1.54) is 0 Å². The molecule has 7 fully saturated rings. The van der Waals surface area contributed by atoms with Crippen molar-refractivity contribution in [3.8, 4) is 0 Å². The van der Waals surface area contributed by atoms with E-state index in [1.54, 1.807) is 0 Å². The van der Waals surface area contributed by atoms with Gasteiger partial charge in [0, 0.05) is 32.6 Å². The van der Waals surface area contributed by atoms with Gasteiger partial charge in [0.25, 0.3) is 23.1 Å². The Kier molecular flexibility index (Phi) is 36.4. The molecule has 5 amide bonds. The third-order valence-electron chi connectivity index (χ3n) is 20.9. The first-order valence-electron chi connectivity index (χ1n) is 36.8. The lowest BCUT2D eigenvalue weighted by molar-refractivity contribution is -0.374. The molecule has 0 spiro atoms. The summed E-state index contributed by atoms with van der Waals surface area (Å²) in [6.45, 7) is -15.1. The van der Waals surface area contributed by atoms with Crippen LogP contribution in [0.15, 0.2) is 0 Å². The average molecular weight is 1770 g/mol. The van der Waals surface area contributed by atoms with Gasteiger partial charge in [-0.2, -0.15) is 0 Å². The molecule has 0 saturated carbocycles. The predicted molar refractivity (Wildman–Crippen MR) is 364 cm³/mol. The van der Waals surface area contributed by atoms with Gasteiger partial charge in [0.2, 0.25) is 29.5 Å². The summed E-state index contributed by atoms with van der Waals surface area (Å²) in [7, 11) is 0. The van der Waals surface area contributed by atoms with E-state index in [4.69, 9.17) is 61.6 Å². The number of aliphatic hydroxyl groups excluding tert-OH is 26. The van der Waals surface area contributed by atoms with Crippen LogP contribution in [-0.4, -0.2) is 516 Å². The number of rotatable bonds is 40. The number of amides is 5. The molecule has 0 aliphatic carbocycles. The van der Waals surface area contributed by atoms with Crippen molar-refractivity contribution in [1.82, 2.24) is 26.6 Å². The largest absolute Gasteiger partial charge is 0.477 e. The molecule has 7 aliphatic rings. The molecule has 0 aromatic heterocycles.